The van der Waals surface area contributed by atoms with Crippen molar-refractivity contribution >= 4 is 16.0 Å². The number of hydrogen-bond acceptors (Lipinski definition) is 5. The second-order valence-electron chi connectivity index (χ2n) is 3.52. The number of rotatable bonds is 6. The van der Waals surface area contributed by atoms with Crippen LogP contribution in [-0.4, -0.2) is 39.8 Å². The molecule has 0 amide bonds. The molecule has 0 aliphatic rings. The third-order valence-electron chi connectivity index (χ3n) is 2.21. The van der Waals surface area contributed by atoms with Gasteiger partial charge in [0, 0.05) is 6.54 Å². The minimum atomic E-state index is -3.60. The van der Waals surface area contributed by atoms with Crippen LogP contribution in [0, 0.1) is 0 Å². The van der Waals surface area contributed by atoms with Crippen LogP contribution in [0.25, 0.3) is 0 Å². The molecule has 0 aliphatic carbocycles. The Morgan fingerprint density at radius 1 is 1.33 bits per heavy atom. The van der Waals surface area contributed by atoms with Gasteiger partial charge >= 0.3 is 5.97 Å². The highest BCUT2D eigenvalue weighted by molar-refractivity contribution is 7.89. The topological polar surface area (TPSA) is 92.7 Å². The Balaban J connectivity index is 2.79. The molecule has 7 heteroatoms. The van der Waals surface area contributed by atoms with Gasteiger partial charge in [-0.1, -0.05) is 12.1 Å². The van der Waals surface area contributed by atoms with Crippen molar-refractivity contribution in [2.45, 2.75) is 11.3 Å². The van der Waals surface area contributed by atoms with Crippen LogP contribution >= 0.6 is 0 Å². The zero-order chi connectivity index (χ0) is 13.6. The van der Waals surface area contributed by atoms with E-state index in [1.54, 1.807) is 12.1 Å². The average Bonchev–Trinajstić information content (AvgIpc) is 2.37. The smallest absolute Gasteiger partial charge is 0.309 e. The van der Waals surface area contributed by atoms with Crippen molar-refractivity contribution in [2.75, 3.05) is 20.3 Å². The van der Waals surface area contributed by atoms with Crippen LogP contribution in [0.2, 0.25) is 0 Å². The molecule has 0 saturated carbocycles. The Kier molecular flexibility index (Phi) is 5.26. The van der Waals surface area contributed by atoms with Crippen molar-refractivity contribution in [1.82, 2.24) is 4.72 Å². The van der Waals surface area contributed by atoms with Crippen LogP contribution in [0.4, 0.5) is 0 Å². The van der Waals surface area contributed by atoms with Gasteiger partial charge in [-0.15, -0.1) is 0 Å². The van der Waals surface area contributed by atoms with E-state index in [0.717, 1.165) is 0 Å². The summed E-state index contributed by atoms with van der Waals surface area (Å²) in [5, 5.41) is 8.57. The lowest BCUT2D eigenvalue weighted by atomic mass is 10.2. The normalized spacial score (nSPS) is 11.2. The van der Waals surface area contributed by atoms with Gasteiger partial charge in [-0.05, 0) is 17.7 Å². The molecule has 0 heterocycles. The van der Waals surface area contributed by atoms with Gasteiger partial charge in [0.05, 0.1) is 25.0 Å². The molecule has 0 aliphatic heterocycles. The van der Waals surface area contributed by atoms with Crippen LogP contribution in [0.5, 0.6) is 0 Å². The van der Waals surface area contributed by atoms with Gasteiger partial charge in [-0.25, -0.2) is 13.1 Å². The van der Waals surface area contributed by atoms with Crippen molar-refractivity contribution < 1.29 is 23.1 Å². The first-order valence-electron chi connectivity index (χ1n) is 5.26. The average molecular weight is 273 g/mol. The fourth-order valence-electron chi connectivity index (χ4n) is 1.29. The Morgan fingerprint density at radius 3 is 2.44 bits per heavy atom. The van der Waals surface area contributed by atoms with E-state index in [1.807, 2.05) is 0 Å². The van der Waals surface area contributed by atoms with Crippen LogP contribution in [0.15, 0.2) is 29.2 Å². The Hall–Kier alpha value is -1.44. The molecular weight excluding hydrogens is 258 g/mol. The van der Waals surface area contributed by atoms with Gasteiger partial charge in [0.15, 0.2) is 0 Å². The number of carbonyl (C=O) groups is 1. The molecule has 6 nitrogen and oxygen atoms in total. The van der Waals surface area contributed by atoms with Crippen molar-refractivity contribution in [2.24, 2.45) is 0 Å². The molecule has 100 valence electrons. The molecule has 0 saturated heterocycles. The Bertz CT molecular complexity index is 495. The van der Waals surface area contributed by atoms with Crippen LogP contribution in [-0.2, 0) is 26.0 Å². The predicted molar refractivity (Wildman–Crippen MR) is 64.4 cm³/mol. The third kappa shape index (κ3) is 4.10. The lowest BCUT2D eigenvalue weighted by molar-refractivity contribution is -0.139. The predicted octanol–water partition coefficient (Wildman–Crippen LogP) is -0.327. The number of aliphatic hydroxyl groups is 1. The summed E-state index contributed by atoms with van der Waals surface area (Å²) in [6.45, 7) is -0.300. The largest absolute Gasteiger partial charge is 0.469 e. The molecule has 0 atom stereocenters. The van der Waals surface area contributed by atoms with Crippen molar-refractivity contribution in [1.29, 1.82) is 0 Å². The zero-order valence-corrected chi connectivity index (χ0v) is 10.7. The molecule has 1 aromatic rings. The monoisotopic (exact) mass is 273 g/mol. The molecule has 1 rings (SSSR count). The van der Waals surface area contributed by atoms with E-state index >= 15 is 0 Å². The number of sulfonamides is 1. The number of nitrogens with one attached hydrogen (secondary N) is 1. The molecule has 0 fully saturated rings. The van der Waals surface area contributed by atoms with Gasteiger partial charge in [0.1, 0.15) is 0 Å². The van der Waals surface area contributed by atoms with E-state index in [2.05, 4.69) is 9.46 Å². The summed E-state index contributed by atoms with van der Waals surface area (Å²) in [4.78, 5) is 11.1. The molecule has 18 heavy (non-hydrogen) atoms. The van der Waals surface area contributed by atoms with Crippen molar-refractivity contribution in [3.63, 3.8) is 0 Å². The maximum absolute atomic E-state index is 11.7. The lowest BCUT2D eigenvalue weighted by Gasteiger charge is -2.06. The first kappa shape index (κ1) is 14.6. The number of ether oxygens (including phenoxy) is 1. The second-order valence-corrected chi connectivity index (χ2v) is 5.29. The zero-order valence-electron chi connectivity index (χ0n) is 9.92. The molecular formula is C11H15NO5S. The molecule has 0 radical (unpaired) electrons. The van der Waals surface area contributed by atoms with E-state index in [-0.39, 0.29) is 30.4 Å². The maximum atomic E-state index is 11.7. The molecule has 0 bridgehead atoms. The quantitative estimate of drug-likeness (QED) is 0.692. The highest BCUT2D eigenvalue weighted by Gasteiger charge is 2.13. The number of esters is 1. The summed E-state index contributed by atoms with van der Waals surface area (Å²) in [5.41, 5.74) is 0.669. The van der Waals surface area contributed by atoms with Gasteiger partial charge in [0.2, 0.25) is 10.0 Å². The third-order valence-corrected chi connectivity index (χ3v) is 3.69. The van der Waals surface area contributed by atoms with Gasteiger partial charge in [-0.2, -0.15) is 0 Å². The van der Waals surface area contributed by atoms with E-state index < -0.39 is 10.0 Å². The number of hydrogen-bond donors (Lipinski definition) is 2. The minimum absolute atomic E-state index is 0.0355. The fraction of sp³-hybridized carbons (Fsp3) is 0.364. The van der Waals surface area contributed by atoms with Crippen LogP contribution in [0.1, 0.15) is 5.56 Å². The second kappa shape index (κ2) is 6.48. The van der Waals surface area contributed by atoms with Crippen molar-refractivity contribution in [3.8, 4) is 0 Å². The van der Waals surface area contributed by atoms with Gasteiger partial charge in [-0.3, -0.25) is 4.79 Å². The van der Waals surface area contributed by atoms with E-state index in [4.69, 9.17) is 5.11 Å². The minimum Gasteiger partial charge on any atom is -0.469 e. The lowest BCUT2D eigenvalue weighted by Crippen LogP contribution is -2.26. The van der Waals surface area contributed by atoms with E-state index in [1.165, 1.54) is 19.2 Å². The molecule has 2 N–H and O–H groups in total. The first-order valence-corrected chi connectivity index (χ1v) is 6.74. The Morgan fingerprint density at radius 2 is 1.94 bits per heavy atom. The summed E-state index contributed by atoms with van der Waals surface area (Å²) < 4.78 is 30.1. The van der Waals surface area contributed by atoms with Crippen LogP contribution < -0.4 is 4.72 Å². The first-order chi connectivity index (χ1) is 8.49. The highest BCUT2D eigenvalue weighted by Crippen LogP contribution is 2.11. The SMILES string of the molecule is COC(=O)Cc1ccc(S(=O)(=O)NCCO)cc1. The van der Waals surface area contributed by atoms with Crippen LogP contribution in [0.3, 0.4) is 0 Å². The summed E-state index contributed by atoms with van der Waals surface area (Å²) in [7, 11) is -2.31. The summed E-state index contributed by atoms with van der Waals surface area (Å²) in [6.07, 6.45) is 0.0981. The summed E-state index contributed by atoms with van der Waals surface area (Å²) in [6, 6.07) is 5.89. The van der Waals surface area contributed by atoms with Gasteiger partial charge < -0.3 is 9.84 Å². The maximum Gasteiger partial charge on any atom is 0.309 e. The number of carbonyl (C=O) groups excluding carboxylic acids is 1. The summed E-state index contributed by atoms with van der Waals surface area (Å²) >= 11 is 0. The van der Waals surface area contributed by atoms with Gasteiger partial charge in [0.25, 0.3) is 0 Å². The Labute approximate surface area is 106 Å². The number of methoxy groups -OCH3 is 1. The standard InChI is InChI=1S/C11H15NO5S/c1-17-11(14)8-9-2-4-10(5-3-9)18(15,16)12-6-7-13/h2-5,12-13H,6-8H2,1H3. The number of benzene rings is 1. The molecule has 1 aromatic carbocycles. The van der Waals surface area contributed by atoms with E-state index in [9.17, 15) is 13.2 Å². The summed E-state index contributed by atoms with van der Waals surface area (Å²) in [5.74, 6) is -0.385. The van der Waals surface area contributed by atoms with Crippen molar-refractivity contribution in [3.05, 3.63) is 29.8 Å². The van der Waals surface area contributed by atoms with E-state index in [0.29, 0.717) is 5.56 Å². The molecule has 0 spiro atoms. The molecule has 0 unspecified atom stereocenters. The fourth-order valence-corrected chi connectivity index (χ4v) is 2.31. The highest BCUT2D eigenvalue weighted by atomic mass is 32.2. The number of aliphatic hydroxyl groups excluding tert-OH is 1. The molecule has 0 aromatic heterocycles.